The third kappa shape index (κ3) is 5.19. The van der Waals surface area contributed by atoms with Crippen LogP contribution in [-0.4, -0.2) is 0 Å². The zero-order valence-corrected chi connectivity index (χ0v) is 32.0. The maximum atomic E-state index is 7.03. The van der Waals surface area contributed by atoms with E-state index in [-0.39, 0.29) is 0 Å². The van der Waals surface area contributed by atoms with E-state index in [2.05, 4.69) is 199 Å². The molecule has 3 aromatic heterocycles. The number of benzene rings is 9. The van der Waals surface area contributed by atoms with Gasteiger partial charge in [-0.25, -0.2) is 0 Å². The number of para-hydroxylation sites is 1. The molecule has 0 fully saturated rings. The summed E-state index contributed by atoms with van der Waals surface area (Å²) in [6.07, 6.45) is 0. The predicted molar refractivity (Wildman–Crippen MR) is 245 cm³/mol. The molecule has 58 heavy (non-hydrogen) atoms. The Bertz CT molecular complexity index is 3510. The van der Waals surface area contributed by atoms with E-state index in [1.165, 1.54) is 31.3 Å². The Balaban J connectivity index is 1.15. The Labute approximate surface area is 338 Å². The van der Waals surface area contributed by atoms with Crippen molar-refractivity contribution in [3.8, 4) is 33.4 Å². The van der Waals surface area contributed by atoms with E-state index >= 15 is 0 Å². The molecule has 0 spiro atoms. The fourth-order valence-corrected chi connectivity index (χ4v) is 9.89. The van der Waals surface area contributed by atoms with Crippen LogP contribution in [0.25, 0.3) is 97.4 Å². The van der Waals surface area contributed by atoms with Crippen molar-refractivity contribution in [2.75, 3.05) is 4.90 Å². The number of thiophene rings is 1. The second-order valence-electron chi connectivity index (χ2n) is 14.8. The topological polar surface area (TPSA) is 29.5 Å². The molecule has 12 aromatic rings. The van der Waals surface area contributed by atoms with Gasteiger partial charge in [-0.2, -0.15) is 0 Å². The zero-order chi connectivity index (χ0) is 38.2. The van der Waals surface area contributed by atoms with Gasteiger partial charge in [0.25, 0.3) is 0 Å². The van der Waals surface area contributed by atoms with Crippen LogP contribution in [0.3, 0.4) is 0 Å². The molecule has 9 aromatic carbocycles. The van der Waals surface area contributed by atoms with Crippen LogP contribution < -0.4 is 4.90 Å². The Morgan fingerprint density at radius 1 is 0.345 bits per heavy atom. The number of hydrogen-bond donors (Lipinski definition) is 0. The SMILES string of the molecule is c1ccc(-c2ccc3c(c2)oc2c(-c4ccccc4)ccc(N(c4ccc5sc6cc(-c7ccccc7)ccc6c5c4)c4cccc5oc6ccccc6c45)c23)cc1. The largest absolute Gasteiger partial charge is 0.456 e. The van der Waals surface area contributed by atoms with E-state index in [0.717, 1.165) is 83.2 Å². The van der Waals surface area contributed by atoms with Crippen molar-refractivity contribution in [3.05, 3.63) is 200 Å². The van der Waals surface area contributed by atoms with Crippen molar-refractivity contribution in [2.24, 2.45) is 0 Å². The number of anilines is 3. The highest BCUT2D eigenvalue weighted by molar-refractivity contribution is 7.25. The first-order valence-corrected chi connectivity index (χ1v) is 20.4. The van der Waals surface area contributed by atoms with Crippen LogP contribution in [0.5, 0.6) is 0 Å². The minimum absolute atomic E-state index is 0.848. The van der Waals surface area contributed by atoms with Crippen molar-refractivity contribution >= 4 is 92.4 Å². The van der Waals surface area contributed by atoms with Crippen molar-refractivity contribution in [3.63, 3.8) is 0 Å². The van der Waals surface area contributed by atoms with Gasteiger partial charge >= 0.3 is 0 Å². The Morgan fingerprint density at radius 3 is 1.76 bits per heavy atom. The average Bonchev–Trinajstić information content (AvgIpc) is 3.98. The molecule has 4 heteroatoms. The lowest BCUT2D eigenvalue weighted by Gasteiger charge is -2.27. The van der Waals surface area contributed by atoms with Gasteiger partial charge < -0.3 is 13.7 Å². The quantitative estimate of drug-likeness (QED) is 0.169. The first kappa shape index (κ1) is 32.8. The second-order valence-corrected chi connectivity index (χ2v) is 15.9. The molecular formula is C54H33NO2S. The molecule has 12 rings (SSSR count). The van der Waals surface area contributed by atoms with Gasteiger partial charge in [0, 0.05) is 42.2 Å². The number of fused-ring (bicyclic) bond motifs is 9. The Hall–Kier alpha value is -7.40. The third-order valence-electron chi connectivity index (χ3n) is 11.5. The van der Waals surface area contributed by atoms with Gasteiger partial charge in [0.1, 0.15) is 22.3 Å². The van der Waals surface area contributed by atoms with Crippen LogP contribution in [0.4, 0.5) is 17.1 Å². The maximum absolute atomic E-state index is 7.03. The van der Waals surface area contributed by atoms with Crippen LogP contribution in [0, 0.1) is 0 Å². The number of hydrogen-bond acceptors (Lipinski definition) is 4. The number of nitrogens with zero attached hydrogens (tertiary/aromatic N) is 1. The van der Waals surface area contributed by atoms with Crippen molar-refractivity contribution < 1.29 is 8.83 Å². The molecular weight excluding hydrogens is 727 g/mol. The first-order valence-electron chi connectivity index (χ1n) is 19.6. The summed E-state index contributed by atoms with van der Waals surface area (Å²) in [5.74, 6) is 0. The summed E-state index contributed by atoms with van der Waals surface area (Å²) in [5.41, 5.74) is 13.4. The molecule has 0 atom stereocenters. The van der Waals surface area contributed by atoms with Gasteiger partial charge in [0.05, 0.1) is 22.1 Å². The van der Waals surface area contributed by atoms with Crippen molar-refractivity contribution in [1.29, 1.82) is 0 Å². The standard InChI is InChI=1S/C54H33NO2S/c1-4-13-34(14-5-1)37-24-27-43-49(31-37)57-54-40(36-17-8-3-9-18-36)28-29-46(53(43)54)55(45-20-12-22-48-52(45)42-19-10-11-21-47(42)56-48)39-25-30-50-44(33-39)41-26-23-38(32-51(41)58-50)35-15-6-2-7-16-35/h1-33H. The summed E-state index contributed by atoms with van der Waals surface area (Å²) in [6.45, 7) is 0. The summed E-state index contributed by atoms with van der Waals surface area (Å²) >= 11 is 1.84. The highest BCUT2D eigenvalue weighted by atomic mass is 32.1. The smallest absolute Gasteiger partial charge is 0.145 e. The van der Waals surface area contributed by atoms with E-state index in [0.29, 0.717) is 0 Å². The average molecular weight is 760 g/mol. The summed E-state index contributed by atoms with van der Waals surface area (Å²) in [4.78, 5) is 2.42. The minimum Gasteiger partial charge on any atom is -0.456 e. The van der Waals surface area contributed by atoms with Crippen LogP contribution in [0.2, 0.25) is 0 Å². The van der Waals surface area contributed by atoms with E-state index < -0.39 is 0 Å². The molecule has 0 N–H and O–H groups in total. The molecule has 0 unspecified atom stereocenters. The Morgan fingerprint density at radius 2 is 0.983 bits per heavy atom. The first-order chi connectivity index (χ1) is 28.7. The van der Waals surface area contributed by atoms with Crippen LogP contribution in [0.15, 0.2) is 209 Å². The lowest BCUT2D eigenvalue weighted by molar-refractivity contribution is 0.669. The molecule has 0 aliphatic rings. The van der Waals surface area contributed by atoms with Gasteiger partial charge in [-0.1, -0.05) is 133 Å². The fourth-order valence-electron chi connectivity index (χ4n) is 8.77. The molecule has 0 saturated carbocycles. The molecule has 0 saturated heterocycles. The van der Waals surface area contributed by atoms with Crippen molar-refractivity contribution in [1.82, 2.24) is 0 Å². The third-order valence-corrected chi connectivity index (χ3v) is 12.6. The summed E-state index contributed by atoms with van der Waals surface area (Å²) in [5, 5.41) is 6.75. The van der Waals surface area contributed by atoms with Gasteiger partial charge in [0.15, 0.2) is 0 Å². The molecule has 3 nitrogen and oxygen atoms in total. The van der Waals surface area contributed by atoms with Gasteiger partial charge in [-0.15, -0.1) is 11.3 Å². The second kappa shape index (κ2) is 13.1. The van der Waals surface area contributed by atoms with Crippen LogP contribution in [0.1, 0.15) is 0 Å². The van der Waals surface area contributed by atoms with Gasteiger partial charge in [-0.3, -0.25) is 0 Å². The van der Waals surface area contributed by atoms with E-state index in [1.807, 2.05) is 17.4 Å². The predicted octanol–water partition coefficient (Wildman–Crippen LogP) is 16.3. The highest BCUT2D eigenvalue weighted by Gasteiger charge is 2.25. The van der Waals surface area contributed by atoms with Gasteiger partial charge in [-0.05, 0) is 94.5 Å². The zero-order valence-electron chi connectivity index (χ0n) is 31.2. The van der Waals surface area contributed by atoms with E-state index in [4.69, 9.17) is 8.83 Å². The van der Waals surface area contributed by atoms with Gasteiger partial charge in [0.2, 0.25) is 0 Å². The lowest BCUT2D eigenvalue weighted by Crippen LogP contribution is -2.11. The molecule has 0 radical (unpaired) electrons. The molecule has 0 aliphatic carbocycles. The number of rotatable bonds is 6. The molecule has 3 heterocycles. The number of furan rings is 2. The molecule has 0 aliphatic heterocycles. The Kier molecular flexibility index (Phi) is 7.40. The highest BCUT2D eigenvalue weighted by Crippen LogP contribution is 2.50. The van der Waals surface area contributed by atoms with Crippen LogP contribution in [-0.2, 0) is 0 Å². The maximum Gasteiger partial charge on any atom is 0.145 e. The monoisotopic (exact) mass is 759 g/mol. The minimum atomic E-state index is 0.848. The molecule has 272 valence electrons. The van der Waals surface area contributed by atoms with Crippen LogP contribution >= 0.6 is 11.3 Å². The molecule has 0 amide bonds. The lowest BCUT2D eigenvalue weighted by atomic mass is 9.98. The van der Waals surface area contributed by atoms with E-state index in [1.54, 1.807) is 0 Å². The van der Waals surface area contributed by atoms with E-state index in [9.17, 15) is 0 Å². The van der Waals surface area contributed by atoms with Crippen molar-refractivity contribution in [2.45, 2.75) is 0 Å². The summed E-state index contributed by atoms with van der Waals surface area (Å²) < 4.78 is 16.1. The summed E-state index contributed by atoms with van der Waals surface area (Å²) in [7, 11) is 0. The fraction of sp³-hybridized carbons (Fsp3) is 0. The normalized spacial score (nSPS) is 11.8. The summed E-state index contributed by atoms with van der Waals surface area (Å²) in [6, 6.07) is 71.3. The molecule has 0 bridgehead atoms.